The van der Waals surface area contributed by atoms with Crippen molar-refractivity contribution in [2.45, 2.75) is 17.7 Å². The van der Waals surface area contributed by atoms with Crippen LogP contribution in [-0.4, -0.2) is 39.3 Å². The average molecular weight is 335 g/mol. The quantitative estimate of drug-likeness (QED) is 0.785. The van der Waals surface area contributed by atoms with Crippen molar-refractivity contribution in [3.8, 4) is 0 Å². The minimum atomic E-state index is -3.52. The molecule has 1 aliphatic rings. The molecule has 0 unspecified atom stereocenters. The standard InChI is InChI=1S/C16H17NO5S/c18-15(19)8-11-22-10-3-9-17-13-6-1-4-12-5-2-7-14(16(12)13)23(17,20)21/h1-2,4-7H,3,8-11H2,(H,18,19). The largest absolute Gasteiger partial charge is 0.481 e. The summed E-state index contributed by atoms with van der Waals surface area (Å²) in [4.78, 5) is 10.7. The van der Waals surface area contributed by atoms with Gasteiger partial charge in [0.1, 0.15) is 0 Å². The third-order valence-corrected chi connectivity index (χ3v) is 5.65. The molecule has 0 saturated carbocycles. The first-order valence-corrected chi connectivity index (χ1v) is 8.80. The minimum Gasteiger partial charge on any atom is -0.481 e. The molecule has 0 aromatic heterocycles. The SMILES string of the molecule is O=C(O)CCOCCCN1c2cccc3cccc(c23)S1(=O)=O. The van der Waals surface area contributed by atoms with Crippen LogP contribution < -0.4 is 4.31 Å². The van der Waals surface area contributed by atoms with Crippen LogP contribution in [0.3, 0.4) is 0 Å². The molecule has 23 heavy (non-hydrogen) atoms. The first-order valence-electron chi connectivity index (χ1n) is 7.36. The van der Waals surface area contributed by atoms with Crippen LogP contribution in [0.2, 0.25) is 0 Å². The lowest BCUT2D eigenvalue weighted by atomic mass is 10.1. The van der Waals surface area contributed by atoms with Gasteiger partial charge in [0.2, 0.25) is 0 Å². The predicted octanol–water partition coefficient (Wildman–Crippen LogP) is 2.23. The van der Waals surface area contributed by atoms with Crippen molar-refractivity contribution in [3.63, 3.8) is 0 Å². The van der Waals surface area contributed by atoms with Gasteiger partial charge >= 0.3 is 5.97 Å². The molecule has 1 heterocycles. The van der Waals surface area contributed by atoms with Crippen LogP contribution in [0.4, 0.5) is 5.69 Å². The van der Waals surface area contributed by atoms with Gasteiger partial charge in [-0.05, 0) is 23.9 Å². The van der Waals surface area contributed by atoms with Crippen LogP contribution in [0.5, 0.6) is 0 Å². The fourth-order valence-corrected chi connectivity index (χ4v) is 4.52. The molecule has 1 N–H and O–H groups in total. The van der Waals surface area contributed by atoms with Crippen LogP contribution in [0.25, 0.3) is 10.8 Å². The maximum Gasteiger partial charge on any atom is 0.305 e. The topological polar surface area (TPSA) is 83.9 Å². The maximum absolute atomic E-state index is 12.7. The third kappa shape index (κ3) is 2.89. The Labute approximate surface area is 134 Å². The number of anilines is 1. The number of benzene rings is 2. The van der Waals surface area contributed by atoms with E-state index in [1.165, 1.54) is 4.31 Å². The van der Waals surface area contributed by atoms with Gasteiger partial charge in [-0.3, -0.25) is 9.10 Å². The Morgan fingerprint density at radius 2 is 1.87 bits per heavy atom. The van der Waals surface area contributed by atoms with Crippen LogP contribution in [0.15, 0.2) is 41.3 Å². The molecule has 122 valence electrons. The fourth-order valence-electron chi connectivity index (χ4n) is 2.77. The number of carboxylic acid groups (broad SMARTS) is 1. The lowest BCUT2D eigenvalue weighted by molar-refractivity contribution is -0.138. The molecule has 0 fully saturated rings. The summed E-state index contributed by atoms with van der Waals surface area (Å²) in [6.45, 7) is 0.771. The normalized spacial score (nSPS) is 15.2. The Bertz CT molecular complexity index is 841. The monoisotopic (exact) mass is 335 g/mol. The summed E-state index contributed by atoms with van der Waals surface area (Å²) in [6, 6.07) is 10.8. The zero-order valence-corrected chi connectivity index (χ0v) is 13.3. The second kappa shape index (κ2) is 6.17. The van der Waals surface area contributed by atoms with Crippen molar-refractivity contribution in [1.29, 1.82) is 0 Å². The molecule has 7 heteroatoms. The molecule has 0 atom stereocenters. The van der Waals surface area contributed by atoms with Gasteiger partial charge in [0.05, 0.1) is 23.6 Å². The molecular formula is C16H17NO5S. The molecule has 0 aliphatic carbocycles. The minimum absolute atomic E-state index is 0.0488. The van der Waals surface area contributed by atoms with E-state index in [2.05, 4.69) is 0 Å². The molecular weight excluding hydrogens is 318 g/mol. The summed E-state index contributed by atoms with van der Waals surface area (Å²) in [6.07, 6.45) is 0.454. The van der Waals surface area contributed by atoms with Gasteiger partial charge in [0, 0.05) is 18.5 Å². The summed E-state index contributed by atoms with van der Waals surface area (Å²) in [5, 5.41) is 10.2. The van der Waals surface area contributed by atoms with E-state index >= 15 is 0 Å². The van der Waals surface area contributed by atoms with Crippen LogP contribution in [-0.2, 0) is 19.6 Å². The number of sulfonamides is 1. The van der Waals surface area contributed by atoms with E-state index in [0.717, 1.165) is 10.8 Å². The highest BCUT2D eigenvalue weighted by molar-refractivity contribution is 7.93. The zero-order chi connectivity index (χ0) is 16.4. The highest BCUT2D eigenvalue weighted by Gasteiger charge is 2.34. The molecule has 0 amide bonds. The van der Waals surface area contributed by atoms with E-state index in [4.69, 9.17) is 9.84 Å². The Morgan fingerprint density at radius 3 is 2.61 bits per heavy atom. The smallest absolute Gasteiger partial charge is 0.305 e. The lowest BCUT2D eigenvalue weighted by Gasteiger charge is -2.18. The summed E-state index contributed by atoms with van der Waals surface area (Å²) in [7, 11) is -3.52. The van der Waals surface area contributed by atoms with Crippen molar-refractivity contribution in [2.24, 2.45) is 0 Å². The van der Waals surface area contributed by atoms with Crippen LogP contribution in [0, 0.1) is 0 Å². The van der Waals surface area contributed by atoms with Gasteiger partial charge in [0.15, 0.2) is 0 Å². The number of rotatable bonds is 7. The number of carboxylic acids is 1. The Morgan fingerprint density at radius 1 is 1.13 bits per heavy atom. The van der Waals surface area contributed by atoms with E-state index in [0.29, 0.717) is 30.2 Å². The van der Waals surface area contributed by atoms with Crippen molar-refractivity contribution >= 4 is 32.5 Å². The number of nitrogens with zero attached hydrogens (tertiary/aromatic N) is 1. The van der Waals surface area contributed by atoms with Gasteiger partial charge in [-0.25, -0.2) is 8.42 Å². The van der Waals surface area contributed by atoms with E-state index in [9.17, 15) is 13.2 Å². The Kier molecular flexibility index (Phi) is 4.23. The number of ether oxygens (including phenoxy) is 1. The second-order valence-corrected chi connectivity index (χ2v) is 7.15. The van der Waals surface area contributed by atoms with Gasteiger partial charge in [-0.1, -0.05) is 24.3 Å². The number of hydrogen-bond donors (Lipinski definition) is 1. The van der Waals surface area contributed by atoms with Crippen LogP contribution >= 0.6 is 0 Å². The second-order valence-electron chi connectivity index (χ2n) is 5.32. The summed E-state index contributed by atoms with van der Waals surface area (Å²) in [5.41, 5.74) is 0.698. The Balaban J connectivity index is 1.72. The van der Waals surface area contributed by atoms with Crippen molar-refractivity contribution in [1.82, 2.24) is 0 Å². The van der Waals surface area contributed by atoms with Gasteiger partial charge < -0.3 is 9.84 Å². The number of aliphatic carboxylic acids is 1. The third-order valence-electron chi connectivity index (χ3n) is 3.79. The van der Waals surface area contributed by atoms with Crippen molar-refractivity contribution in [2.75, 3.05) is 24.1 Å². The average Bonchev–Trinajstić information content (AvgIpc) is 2.73. The molecule has 0 bridgehead atoms. The van der Waals surface area contributed by atoms with E-state index in [1.807, 2.05) is 24.3 Å². The van der Waals surface area contributed by atoms with Crippen molar-refractivity contribution in [3.05, 3.63) is 36.4 Å². The molecule has 2 aromatic rings. The molecule has 3 rings (SSSR count). The summed E-state index contributed by atoms with van der Waals surface area (Å²) >= 11 is 0. The highest BCUT2D eigenvalue weighted by Crippen LogP contribution is 2.41. The summed E-state index contributed by atoms with van der Waals surface area (Å²) < 4.78 is 32.0. The summed E-state index contributed by atoms with van der Waals surface area (Å²) in [5.74, 6) is -0.908. The first-order chi connectivity index (χ1) is 11.0. The maximum atomic E-state index is 12.7. The Hall–Kier alpha value is -2.12. The molecule has 6 nitrogen and oxygen atoms in total. The van der Waals surface area contributed by atoms with E-state index < -0.39 is 16.0 Å². The first kappa shape index (κ1) is 15.8. The molecule has 0 saturated heterocycles. The number of carbonyl (C=O) groups is 1. The highest BCUT2D eigenvalue weighted by atomic mass is 32.2. The lowest BCUT2D eigenvalue weighted by Crippen LogP contribution is -2.28. The van der Waals surface area contributed by atoms with Gasteiger partial charge in [0.25, 0.3) is 10.0 Å². The molecule has 2 aromatic carbocycles. The number of hydrogen-bond acceptors (Lipinski definition) is 4. The van der Waals surface area contributed by atoms with Crippen molar-refractivity contribution < 1.29 is 23.1 Å². The van der Waals surface area contributed by atoms with Gasteiger partial charge in [-0.15, -0.1) is 0 Å². The van der Waals surface area contributed by atoms with Gasteiger partial charge in [-0.2, -0.15) is 0 Å². The van der Waals surface area contributed by atoms with E-state index in [1.54, 1.807) is 12.1 Å². The molecule has 0 spiro atoms. The molecule has 0 radical (unpaired) electrons. The molecule has 1 aliphatic heterocycles. The fraction of sp³-hybridized carbons (Fsp3) is 0.312. The predicted molar refractivity (Wildman–Crippen MR) is 86.2 cm³/mol. The zero-order valence-electron chi connectivity index (χ0n) is 12.4. The van der Waals surface area contributed by atoms with E-state index in [-0.39, 0.29) is 13.0 Å². The van der Waals surface area contributed by atoms with Crippen LogP contribution in [0.1, 0.15) is 12.8 Å².